The van der Waals surface area contributed by atoms with Gasteiger partial charge in [0, 0.05) is 5.39 Å². The van der Waals surface area contributed by atoms with Crippen LogP contribution in [0.4, 0.5) is 0 Å². The van der Waals surface area contributed by atoms with Crippen molar-refractivity contribution < 1.29 is 23.9 Å². The highest BCUT2D eigenvalue weighted by molar-refractivity contribution is 6.62. The van der Waals surface area contributed by atoms with E-state index in [1.54, 1.807) is 29.1 Å². The van der Waals surface area contributed by atoms with Gasteiger partial charge in [-0.2, -0.15) is 5.10 Å². The summed E-state index contributed by atoms with van der Waals surface area (Å²) in [6, 6.07) is 10.6. The Balaban J connectivity index is 1.78. The van der Waals surface area contributed by atoms with E-state index in [0.717, 1.165) is 16.4 Å². The highest BCUT2D eigenvalue weighted by atomic mass is 16.7. The minimum absolute atomic E-state index is 0.200. The van der Waals surface area contributed by atoms with Crippen molar-refractivity contribution in [2.45, 2.75) is 45.4 Å². The zero-order valence-corrected chi connectivity index (χ0v) is 17.8. The number of ether oxygens (including phenoxy) is 1. The topological polar surface area (TPSA) is 82.8 Å². The number of phenols is 1. The van der Waals surface area contributed by atoms with Crippen LogP contribution in [0, 0.1) is 0 Å². The first-order valence-electron chi connectivity index (χ1n) is 9.82. The number of hydrogen-bond acceptors (Lipinski definition) is 6. The summed E-state index contributed by atoms with van der Waals surface area (Å²) in [5.74, 6) is -0.253. The molecule has 1 aliphatic heterocycles. The molecule has 1 aliphatic rings. The third kappa shape index (κ3) is 3.46. The van der Waals surface area contributed by atoms with Crippen LogP contribution >= 0.6 is 0 Å². The Kier molecular flexibility index (Phi) is 4.87. The van der Waals surface area contributed by atoms with Crippen molar-refractivity contribution in [3.63, 3.8) is 0 Å². The number of esters is 1. The van der Waals surface area contributed by atoms with Crippen LogP contribution in [0.3, 0.4) is 0 Å². The maximum Gasteiger partial charge on any atom is 0.494 e. The van der Waals surface area contributed by atoms with Crippen LogP contribution in [0.15, 0.2) is 42.6 Å². The molecule has 0 spiro atoms. The van der Waals surface area contributed by atoms with Crippen molar-refractivity contribution in [1.82, 2.24) is 9.78 Å². The van der Waals surface area contributed by atoms with Gasteiger partial charge in [0.15, 0.2) is 0 Å². The fourth-order valence-electron chi connectivity index (χ4n) is 3.53. The second kappa shape index (κ2) is 7.14. The zero-order chi connectivity index (χ0) is 21.7. The SMILES string of the molecule is COC(=O)c1cc(B2OC(C)(C)C(C)(C)O2)cc2cnn(Cc3ccc(O)cc3)c12. The largest absolute Gasteiger partial charge is 0.508 e. The van der Waals surface area contributed by atoms with E-state index in [-0.39, 0.29) is 5.75 Å². The van der Waals surface area contributed by atoms with Crippen molar-refractivity contribution in [1.29, 1.82) is 0 Å². The Morgan fingerprint density at radius 3 is 2.37 bits per heavy atom. The van der Waals surface area contributed by atoms with Crippen LogP contribution < -0.4 is 5.46 Å². The Bertz CT molecular complexity index is 1090. The molecule has 1 fully saturated rings. The number of nitrogens with zero attached hydrogens (tertiary/aromatic N) is 2. The van der Waals surface area contributed by atoms with E-state index in [9.17, 15) is 9.90 Å². The number of rotatable bonds is 4. The van der Waals surface area contributed by atoms with Gasteiger partial charge in [-0.3, -0.25) is 4.68 Å². The molecule has 0 saturated carbocycles. The van der Waals surface area contributed by atoms with Crippen LogP contribution in [0.1, 0.15) is 43.6 Å². The van der Waals surface area contributed by atoms with E-state index >= 15 is 0 Å². The third-order valence-corrected chi connectivity index (χ3v) is 5.96. The molecule has 0 atom stereocenters. The number of carbonyl (C=O) groups excluding carboxylic acids is 1. The number of benzene rings is 2. The summed E-state index contributed by atoms with van der Waals surface area (Å²) in [7, 11) is 0.763. The Labute approximate surface area is 175 Å². The molecule has 3 aromatic rings. The monoisotopic (exact) mass is 408 g/mol. The average Bonchev–Trinajstić information content (AvgIpc) is 3.19. The summed E-state index contributed by atoms with van der Waals surface area (Å²) < 4.78 is 19.1. The first-order chi connectivity index (χ1) is 14.1. The van der Waals surface area contributed by atoms with Gasteiger partial charge in [0.2, 0.25) is 0 Å². The molecule has 8 heteroatoms. The van der Waals surface area contributed by atoms with Crippen molar-refractivity contribution in [3.05, 3.63) is 53.7 Å². The van der Waals surface area contributed by atoms with Gasteiger partial charge in [0.25, 0.3) is 0 Å². The first kappa shape index (κ1) is 20.4. The molecule has 156 valence electrons. The fraction of sp³-hybridized carbons (Fsp3) is 0.364. The summed E-state index contributed by atoms with van der Waals surface area (Å²) in [5.41, 5.74) is 1.79. The smallest absolute Gasteiger partial charge is 0.494 e. The molecular weight excluding hydrogens is 383 g/mol. The number of phenolic OH excluding ortho intramolecular Hbond substituents is 1. The Morgan fingerprint density at radius 1 is 1.13 bits per heavy atom. The number of fused-ring (bicyclic) bond motifs is 1. The van der Waals surface area contributed by atoms with Crippen LogP contribution in [0.2, 0.25) is 0 Å². The van der Waals surface area contributed by atoms with Gasteiger partial charge in [-0.1, -0.05) is 18.2 Å². The van der Waals surface area contributed by atoms with Crippen molar-refractivity contribution >= 4 is 29.5 Å². The lowest BCUT2D eigenvalue weighted by atomic mass is 9.77. The van der Waals surface area contributed by atoms with Crippen LogP contribution in [-0.4, -0.2) is 46.3 Å². The van der Waals surface area contributed by atoms with Gasteiger partial charge in [-0.25, -0.2) is 4.79 Å². The molecule has 30 heavy (non-hydrogen) atoms. The molecule has 0 aliphatic carbocycles. The second-order valence-electron chi connectivity index (χ2n) is 8.55. The standard InChI is InChI=1S/C22H25BN2O5/c1-21(2)22(3,4)30-23(29-21)16-10-15-12-24-25(13-14-6-8-17(26)9-7-14)19(15)18(11-16)20(27)28-5/h6-12,26H,13H2,1-5H3. The third-order valence-electron chi connectivity index (χ3n) is 5.96. The highest BCUT2D eigenvalue weighted by Crippen LogP contribution is 2.37. The van der Waals surface area contributed by atoms with Crippen molar-refractivity contribution in [2.24, 2.45) is 0 Å². The van der Waals surface area contributed by atoms with Gasteiger partial charge in [-0.15, -0.1) is 0 Å². The molecule has 1 aromatic heterocycles. The molecule has 0 bridgehead atoms. The van der Waals surface area contributed by atoms with E-state index in [1.807, 2.05) is 45.9 Å². The van der Waals surface area contributed by atoms with Crippen LogP contribution in [0.25, 0.3) is 10.9 Å². The van der Waals surface area contributed by atoms with E-state index in [2.05, 4.69) is 5.10 Å². The molecule has 2 aromatic carbocycles. The summed E-state index contributed by atoms with van der Waals surface area (Å²) in [6.45, 7) is 8.40. The van der Waals surface area contributed by atoms with Gasteiger partial charge in [0.1, 0.15) is 5.75 Å². The van der Waals surface area contributed by atoms with Gasteiger partial charge >= 0.3 is 13.1 Å². The van der Waals surface area contributed by atoms with E-state index in [4.69, 9.17) is 14.0 Å². The van der Waals surface area contributed by atoms with E-state index in [0.29, 0.717) is 17.6 Å². The molecule has 0 unspecified atom stereocenters. The minimum Gasteiger partial charge on any atom is -0.508 e. The molecule has 1 saturated heterocycles. The second-order valence-corrected chi connectivity index (χ2v) is 8.55. The minimum atomic E-state index is -0.594. The lowest BCUT2D eigenvalue weighted by molar-refractivity contribution is 0.00578. The van der Waals surface area contributed by atoms with Crippen LogP contribution in [0.5, 0.6) is 5.75 Å². The van der Waals surface area contributed by atoms with Gasteiger partial charge in [-0.05, 0) is 56.9 Å². The van der Waals surface area contributed by atoms with Crippen LogP contribution in [-0.2, 0) is 20.6 Å². The fourth-order valence-corrected chi connectivity index (χ4v) is 3.53. The molecule has 2 heterocycles. The predicted octanol–water partition coefficient (Wildman–Crippen LogP) is 2.88. The maximum atomic E-state index is 12.6. The predicted molar refractivity (Wildman–Crippen MR) is 114 cm³/mol. The first-order valence-corrected chi connectivity index (χ1v) is 9.82. The lowest BCUT2D eigenvalue weighted by Gasteiger charge is -2.32. The van der Waals surface area contributed by atoms with E-state index < -0.39 is 24.3 Å². The van der Waals surface area contributed by atoms with Gasteiger partial charge < -0.3 is 19.2 Å². The summed E-state index contributed by atoms with van der Waals surface area (Å²) >= 11 is 0. The summed E-state index contributed by atoms with van der Waals surface area (Å²) in [5, 5.41) is 14.8. The average molecular weight is 408 g/mol. The number of hydrogen-bond donors (Lipinski definition) is 1. The molecular formula is C22H25BN2O5. The molecule has 4 rings (SSSR count). The lowest BCUT2D eigenvalue weighted by Crippen LogP contribution is -2.41. The molecule has 0 amide bonds. The normalized spacial score (nSPS) is 17.4. The quantitative estimate of drug-likeness (QED) is 0.528. The molecule has 1 N–H and O–H groups in total. The number of methoxy groups -OCH3 is 1. The van der Waals surface area contributed by atoms with Gasteiger partial charge in [0.05, 0.1) is 42.1 Å². The number of aromatic nitrogens is 2. The highest BCUT2D eigenvalue weighted by Gasteiger charge is 2.52. The number of aromatic hydroxyl groups is 1. The molecule has 0 radical (unpaired) electrons. The zero-order valence-electron chi connectivity index (χ0n) is 17.8. The summed E-state index contributed by atoms with van der Waals surface area (Å²) in [6.07, 6.45) is 1.72. The summed E-state index contributed by atoms with van der Waals surface area (Å²) in [4.78, 5) is 12.6. The maximum absolute atomic E-state index is 12.6. The number of carbonyl (C=O) groups is 1. The molecule has 7 nitrogen and oxygen atoms in total. The Hall–Kier alpha value is -2.84. The van der Waals surface area contributed by atoms with Crippen molar-refractivity contribution in [3.8, 4) is 5.75 Å². The van der Waals surface area contributed by atoms with Crippen molar-refractivity contribution in [2.75, 3.05) is 7.11 Å². The Morgan fingerprint density at radius 2 is 1.77 bits per heavy atom. The van der Waals surface area contributed by atoms with E-state index in [1.165, 1.54) is 7.11 Å².